The zero-order chi connectivity index (χ0) is 25.8. The van der Waals surface area contributed by atoms with Crippen LogP contribution < -0.4 is 9.64 Å². The first-order valence-corrected chi connectivity index (χ1v) is 13.0. The number of fused-ring (bicyclic) bond motifs is 2. The number of aromatic nitrogens is 1. The molecule has 1 aliphatic heterocycles. The number of hydrogen-bond acceptors (Lipinski definition) is 7. The first kappa shape index (κ1) is 23.4. The molecule has 1 unspecified atom stereocenters. The third-order valence-corrected chi connectivity index (χ3v) is 7.81. The van der Waals surface area contributed by atoms with Gasteiger partial charge in [-0.05, 0) is 55.0 Å². The van der Waals surface area contributed by atoms with Gasteiger partial charge in [-0.1, -0.05) is 57.1 Å². The molecule has 3 aromatic carbocycles. The quantitative estimate of drug-likeness (QED) is 0.229. The molecule has 2 aromatic heterocycles. The highest BCUT2D eigenvalue weighted by molar-refractivity contribution is 9.10. The number of ether oxygens (including phenoxy) is 1. The van der Waals surface area contributed by atoms with E-state index in [1.807, 2.05) is 55.5 Å². The maximum Gasteiger partial charge on any atom is 0.296 e. The number of hydrogen-bond donors (Lipinski definition) is 1. The summed E-state index contributed by atoms with van der Waals surface area (Å²) in [7, 11) is 1.58. The van der Waals surface area contributed by atoms with Crippen LogP contribution in [0.4, 0.5) is 5.13 Å². The minimum atomic E-state index is -0.887. The van der Waals surface area contributed by atoms with E-state index in [9.17, 15) is 14.7 Å². The Labute approximate surface area is 223 Å². The van der Waals surface area contributed by atoms with E-state index in [1.54, 1.807) is 25.3 Å². The van der Waals surface area contributed by atoms with E-state index in [0.717, 1.165) is 20.1 Å². The Morgan fingerprint density at radius 1 is 1.14 bits per heavy atom. The fourth-order valence-corrected chi connectivity index (χ4v) is 5.97. The Bertz CT molecular complexity index is 1770. The van der Waals surface area contributed by atoms with Gasteiger partial charge in [0, 0.05) is 9.86 Å². The number of thiazole rings is 1. The molecule has 6 rings (SSSR count). The summed E-state index contributed by atoms with van der Waals surface area (Å²) in [6.07, 6.45) is 0. The van der Waals surface area contributed by atoms with Crippen LogP contribution in [0.3, 0.4) is 0 Å². The van der Waals surface area contributed by atoms with Gasteiger partial charge in [0.25, 0.3) is 5.91 Å². The van der Waals surface area contributed by atoms with Crippen molar-refractivity contribution in [3.63, 3.8) is 0 Å². The summed E-state index contributed by atoms with van der Waals surface area (Å²) in [4.78, 5) is 33.4. The smallest absolute Gasteiger partial charge is 0.296 e. The molecule has 7 nitrogen and oxygen atoms in total. The zero-order valence-corrected chi connectivity index (χ0v) is 22.1. The van der Waals surface area contributed by atoms with Gasteiger partial charge in [0.2, 0.25) is 5.78 Å². The number of amides is 1. The summed E-state index contributed by atoms with van der Waals surface area (Å²) in [6.45, 7) is 1.93. The van der Waals surface area contributed by atoms with Crippen molar-refractivity contribution in [2.75, 3.05) is 12.0 Å². The molecule has 0 bridgehead atoms. The molecule has 1 N–H and O–H groups in total. The number of Topliss-reactive ketones (excluding diaryl/α,β-unsaturated/α-hetero) is 1. The third kappa shape index (κ3) is 3.91. The molecule has 1 aliphatic rings. The minimum absolute atomic E-state index is 0.0380. The summed E-state index contributed by atoms with van der Waals surface area (Å²) < 4.78 is 12.8. The predicted octanol–water partition coefficient (Wildman–Crippen LogP) is 6.90. The van der Waals surface area contributed by atoms with Crippen molar-refractivity contribution >= 4 is 65.3 Å². The van der Waals surface area contributed by atoms with Gasteiger partial charge in [0.15, 0.2) is 16.7 Å². The number of methoxy groups -OCH3 is 1. The highest BCUT2D eigenvalue weighted by Gasteiger charge is 2.46. The summed E-state index contributed by atoms with van der Waals surface area (Å²) in [6, 6.07) is 19.1. The van der Waals surface area contributed by atoms with Gasteiger partial charge in [0.1, 0.15) is 11.3 Å². The van der Waals surface area contributed by atoms with Crippen LogP contribution in [0.15, 0.2) is 87.0 Å². The zero-order valence-electron chi connectivity index (χ0n) is 19.7. The Morgan fingerprint density at radius 2 is 1.97 bits per heavy atom. The monoisotopic (exact) mass is 574 g/mol. The van der Waals surface area contributed by atoms with Crippen LogP contribution in [0.1, 0.15) is 27.7 Å². The number of rotatable bonds is 5. The van der Waals surface area contributed by atoms with Crippen LogP contribution in [-0.4, -0.2) is 28.9 Å². The number of anilines is 1. The Morgan fingerprint density at radius 3 is 2.76 bits per heavy atom. The second-order valence-electron chi connectivity index (χ2n) is 8.71. The molecular formula is C28H19BrN2O5S. The molecule has 9 heteroatoms. The summed E-state index contributed by atoms with van der Waals surface area (Å²) >= 11 is 4.71. The molecule has 5 aromatic rings. The van der Waals surface area contributed by atoms with E-state index in [1.165, 1.54) is 16.2 Å². The molecule has 1 amide bonds. The van der Waals surface area contributed by atoms with Crippen LogP contribution >= 0.6 is 27.3 Å². The molecule has 184 valence electrons. The molecule has 0 radical (unpaired) electrons. The van der Waals surface area contributed by atoms with Gasteiger partial charge in [0.05, 0.1) is 28.9 Å². The lowest BCUT2D eigenvalue weighted by Crippen LogP contribution is -2.31. The Kier molecular flexibility index (Phi) is 5.62. The molecule has 37 heavy (non-hydrogen) atoms. The number of halogens is 1. The lowest BCUT2D eigenvalue weighted by Gasteiger charge is -2.24. The number of carbonyl (C=O) groups is 2. The lowest BCUT2D eigenvalue weighted by molar-refractivity contribution is -0.117. The Hall–Kier alpha value is -3.95. The van der Waals surface area contributed by atoms with E-state index >= 15 is 0 Å². The largest absolute Gasteiger partial charge is 0.503 e. The van der Waals surface area contributed by atoms with Gasteiger partial charge in [-0.3, -0.25) is 14.5 Å². The first-order valence-electron chi connectivity index (χ1n) is 11.4. The van der Waals surface area contributed by atoms with Crippen molar-refractivity contribution in [2.24, 2.45) is 0 Å². The van der Waals surface area contributed by atoms with Crippen LogP contribution in [0.2, 0.25) is 0 Å². The molecular weight excluding hydrogens is 556 g/mol. The van der Waals surface area contributed by atoms with E-state index in [2.05, 4.69) is 20.9 Å². The Balaban J connectivity index is 1.50. The average molecular weight is 575 g/mol. The highest BCUT2D eigenvalue weighted by Crippen LogP contribution is 2.45. The molecule has 1 atom stereocenters. The number of carbonyl (C=O) groups excluding carboxylic acids is 2. The van der Waals surface area contributed by atoms with Crippen molar-refractivity contribution in [2.45, 2.75) is 13.0 Å². The molecule has 0 fully saturated rings. The first-order chi connectivity index (χ1) is 17.8. The van der Waals surface area contributed by atoms with E-state index in [4.69, 9.17) is 9.15 Å². The SMILES string of the molecule is COc1ccc2nc(N3C(=O)C(O)=C(C(=O)c4cc5cc(Br)ccc5o4)C3c3cccc(C)c3)sc2c1. The van der Waals surface area contributed by atoms with Gasteiger partial charge in [-0.2, -0.15) is 0 Å². The average Bonchev–Trinajstić information content (AvgIpc) is 3.57. The van der Waals surface area contributed by atoms with Crippen molar-refractivity contribution < 1.29 is 23.8 Å². The lowest BCUT2D eigenvalue weighted by atomic mass is 9.94. The van der Waals surface area contributed by atoms with E-state index in [-0.39, 0.29) is 11.3 Å². The normalized spacial score (nSPS) is 15.8. The molecule has 3 heterocycles. The number of benzene rings is 3. The van der Waals surface area contributed by atoms with Crippen LogP contribution in [0, 0.1) is 6.92 Å². The summed E-state index contributed by atoms with van der Waals surface area (Å²) in [5.41, 5.74) is 2.78. The van der Waals surface area contributed by atoms with E-state index < -0.39 is 23.5 Å². The van der Waals surface area contributed by atoms with E-state index in [0.29, 0.717) is 27.5 Å². The standard InChI is InChI=1S/C28H19BrN2O5S/c1-14-4-3-5-15(10-14)24-23(25(32)21-12-16-11-17(29)6-9-20(16)36-21)26(33)27(34)31(24)28-30-19-8-7-18(35-2)13-22(19)37-28/h3-13,24,33H,1-2H3. The number of ketones is 1. The molecule has 0 aliphatic carbocycles. The summed E-state index contributed by atoms with van der Waals surface area (Å²) in [5.74, 6) is -1.17. The van der Waals surface area contributed by atoms with Crippen LogP contribution in [0.5, 0.6) is 5.75 Å². The number of aliphatic hydroxyl groups excluding tert-OH is 1. The number of aryl methyl sites for hydroxylation is 1. The maximum atomic E-state index is 13.8. The number of nitrogens with zero attached hydrogens (tertiary/aromatic N) is 2. The van der Waals surface area contributed by atoms with Crippen LogP contribution in [-0.2, 0) is 4.79 Å². The minimum Gasteiger partial charge on any atom is -0.503 e. The van der Waals surface area contributed by atoms with Crippen molar-refractivity contribution in [1.29, 1.82) is 0 Å². The van der Waals surface area contributed by atoms with Crippen molar-refractivity contribution in [1.82, 2.24) is 4.98 Å². The van der Waals surface area contributed by atoms with Gasteiger partial charge in [-0.25, -0.2) is 4.98 Å². The molecule has 0 saturated carbocycles. The van der Waals surface area contributed by atoms with Gasteiger partial charge >= 0.3 is 0 Å². The highest BCUT2D eigenvalue weighted by atomic mass is 79.9. The third-order valence-electron chi connectivity index (χ3n) is 6.30. The van der Waals surface area contributed by atoms with Crippen molar-refractivity contribution in [3.05, 3.63) is 99.4 Å². The van der Waals surface area contributed by atoms with Gasteiger partial charge in [-0.15, -0.1) is 0 Å². The number of aliphatic hydroxyl groups is 1. The fraction of sp³-hybridized carbons (Fsp3) is 0.107. The second kappa shape index (κ2) is 8.86. The van der Waals surface area contributed by atoms with Crippen molar-refractivity contribution in [3.8, 4) is 5.75 Å². The van der Waals surface area contributed by atoms with Crippen LogP contribution in [0.25, 0.3) is 21.2 Å². The molecule has 0 spiro atoms. The predicted molar refractivity (Wildman–Crippen MR) is 145 cm³/mol. The maximum absolute atomic E-state index is 13.8. The fourth-order valence-electron chi connectivity index (χ4n) is 4.57. The second-order valence-corrected chi connectivity index (χ2v) is 10.6. The molecule has 0 saturated heterocycles. The summed E-state index contributed by atoms with van der Waals surface area (Å²) in [5, 5.41) is 12.2. The number of furan rings is 1. The topological polar surface area (TPSA) is 92.9 Å². The van der Waals surface area contributed by atoms with Gasteiger partial charge < -0.3 is 14.3 Å².